The fourth-order valence-electron chi connectivity index (χ4n) is 1.25. The van der Waals surface area contributed by atoms with Gasteiger partial charge in [0.05, 0.1) is 0 Å². The molecule has 1 aromatic rings. The Kier molecular flexibility index (Phi) is 5.65. The van der Waals surface area contributed by atoms with Crippen molar-refractivity contribution in [1.29, 1.82) is 0 Å². The molecule has 16 heavy (non-hydrogen) atoms. The zero-order valence-corrected chi connectivity index (χ0v) is 10.0. The lowest BCUT2D eigenvalue weighted by Crippen LogP contribution is -2.05. The van der Waals surface area contributed by atoms with Gasteiger partial charge in [-0.25, -0.2) is 0 Å². The summed E-state index contributed by atoms with van der Waals surface area (Å²) in [6.07, 6.45) is 4.70. The number of rotatable bonds is 5. The third-order valence-corrected chi connectivity index (χ3v) is 2.32. The zero-order valence-electron chi connectivity index (χ0n) is 9.28. The van der Waals surface area contributed by atoms with Crippen molar-refractivity contribution in [3.05, 3.63) is 47.0 Å². The standard InChI is InChI=1S/C13H15ClO2/c1-2-3-9-16-13(15)8-7-11-5-4-6-12(14)10-11/h2-6,10H,7-9H2,1H3/b3-2+. The number of ether oxygens (including phenoxy) is 1. The van der Waals surface area contributed by atoms with Crippen LogP contribution in [0.2, 0.25) is 5.02 Å². The number of halogens is 1. The molecule has 0 saturated heterocycles. The van der Waals surface area contributed by atoms with E-state index in [0.29, 0.717) is 24.5 Å². The second-order valence-corrected chi connectivity index (χ2v) is 3.82. The molecule has 0 aliphatic carbocycles. The Labute approximate surface area is 101 Å². The summed E-state index contributed by atoms with van der Waals surface area (Å²) in [6, 6.07) is 7.50. The van der Waals surface area contributed by atoms with Crippen molar-refractivity contribution in [1.82, 2.24) is 0 Å². The lowest BCUT2D eigenvalue weighted by Gasteiger charge is -2.02. The molecule has 0 fully saturated rings. The van der Waals surface area contributed by atoms with Crippen molar-refractivity contribution in [2.45, 2.75) is 19.8 Å². The topological polar surface area (TPSA) is 26.3 Å². The van der Waals surface area contributed by atoms with Crippen molar-refractivity contribution < 1.29 is 9.53 Å². The minimum atomic E-state index is -0.182. The lowest BCUT2D eigenvalue weighted by molar-refractivity contribution is -0.142. The summed E-state index contributed by atoms with van der Waals surface area (Å²) < 4.78 is 4.98. The molecule has 1 rings (SSSR count). The van der Waals surface area contributed by atoms with Crippen LogP contribution in [0.15, 0.2) is 36.4 Å². The van der Waals surface area contributed by atoms with Crippen LogP contribution in [0.1, 0.15) is 18.9 Å². The van der Waals surface area contributed by atoms with Gasteiger partial charge in [-0.1, -0.05) is 35.9 Å². The number of benzene rings is 1. The molecule has 2 nitrogen and oxygen atoms in total. The predicted molar refractivity (Wildman–Crippen MR) is 65.5 cm³/mol. The first-order valence-electron chi connectivity index (χ1n) is 5.23. The highest BCUT2D eigenvalue weighted by Crippen LogP contribution is 2.12. The normalized spacial score (nSPS) is 10.6. The maximum absolute atomic E-state index is 11.3. The predicted octanol–water partition coefficient (Wildman–Crippen LogP) is 3.39. The van der Waals surface area contributed by atoms with Gasteiger partial charge in [-0.2, -0.15) is 0 Å². The molecule has 0 saturated carbocycles. The maximum Gasteiger partial charge on any atom is 0.306 e. The first-order chi connectivity index (χ1) is 7.72. The van der Waals surface area contributed by atoms with Crippen LogP contribution in [0.4, 0.5) is 0 Å². The minimum absolute atomic E-state index is 0.182. The Hall–Kier alpha value is -1.28. The molecule has 0 radical (unpaired) electrons. The zero-order chi connectivity index (χ0) is 11.8. The van der Waals surface area contributed by atoms with Crippen molar-refractivity contribution >= 4 is 17.6 Å². The van der Waals surface area contributed by atoms with Crippen molar-refractivity contribution in [3.63, 3.8) is 0 Å². The number of carbonyl (C=O) groups excluding carboxylic acids is 1. The fraction of sp³-hybridized carbons (Fsp3) is 0.308. The van der Waals surface area contributed by atoms with Crippen molar-refractivity contribution in [2.75, 3.05) is 6.61 Å². The molecule has 0 aliphatic heterocycles. The van der Waals surface area contributed by atoms with Gasteiger partial charge in [0, 0.05) is 11.4 Å². The second kappa shape index (κ2) is 7.07. The lowest BCUT2D eigenvalue weighted by atomic mass is 10.1. The minimum Gasteiger partial charge on any atom is -0.461 e. The SMILES string of the molecule is C/C=C/COC(=O)CCc1cccc(Cl)c1. The fourth-order valence-corrected chi connectivity index (χ4v) is 1.46. The summed E-state index contributed by atoms with van der Waals surface area (Å²) in [4.78, 5) is 11.3. The summed E-state index contributed by atoms with van der Waals surface area (Å²) in [7, 11) is 0. The third-order valence-electron chi connectivity index (χ3n) is 2.08. The summed E-state index contributed by atoms with van der Waals surface area (Å²) in [5, 5.41) is 0.694. The first kappa shape index (κ1) is 12.8. The van der Waals surface area contributed by atoms with E-state index in [9.17, 15) is 4.79 Å². The molecule has 0 bridgehead atoms. The van der Waals surface area contributed by atoms with Crippen molar-refractivity contribution in [2.24, 2.45) is 0 Å². The quantitative estimate of drug-likeness (QED) is 0.581. The molecule has 0 N–H and O–H groups in total. The molecule has 0 atom stereocenters. The Morgan fingerprint density at radius 3 is 3.00 bits per heavy atom. The van der Waals surface area contributed by atoms with Gasteiger partial charge < -0.3 is 4.74 Å². The summed E-state index contributed by atoms with van der Waals surface area (Å²) in [5.74, 6) is -0.182. The van der Waals surface area contributed by atoms with E-state index in [1.165, 1.54) is 0 Å². The van der Waals surface area contributed by atoms with Gasteiger partial charge >= 0.3 is 5.97 Å². The van der Waals surface area contributed by atoms with Crippen molar-refractivity contribution in [3.8, 4) is 0 Å². The van der Waals surface area contributed by atoms with Crippen LogP contribution in [0, 0.1) is 0 Å². The van der Waals surface area contributed by atoms with Crippen LogP contribution in [-0.4, -0.2) is 12.6 Å². The first-order valence-corrected chi connectivity index (χ1v) is 5.61. The molecule has 86 valence electrons. The van der Waals surface area contributed by atoms with Gasteiger partial charge in [0.2, 0.25) is 0 Å². The molecular weight excluding hydrogens is 224 g/mol. The molecular formula is C13H15ClO2. The van der Waals surface area contributed by atoms with E-state index in [1.807, 2.05) is 37.3 Å². The van der Waals surface area contributed by atoms with E-state index in [2.05, 4.69) is 0 Å². The molecule has 0 aliphatic rings. The smallest absolute Gasteiger partial charge is 0.306 e. The van der Waals surface area contributed by atoms with Crippen LogP contribution < -0.4 is 0 Å². The van der Waals surface area contributed by atoms with E-state index in [1.54, 1.807) is 6.08 Å². The Bertz CT molecular complexity index is 372. The van der Waals surface area contributed by atoms with Crippen LogP contribution >= 0.6 is 11.6 Å². The monoisotopic (exact) mass is 238 g/mol. The van der Waals surface area contributed by atoms with Crippen LogP contribution in [0.25, 0.3) is 0 Å². The molecule has 1 aromatic carbocycles. The molecule has 0 amide bonds. The van der Waals surface area contributed by atoms with Gasteiger partial charge in [0.1, 0.15) is 6.61 Å². The maximum atomic E-state index is 11.3. The number of aryl methyl sites for hydroxylation is 1. The van der Waals surface area contributed by atoms with Crippen LogP contribution in [0.5, 0.6) is 0 Å². The van der Waals surface area contributed by atoms with E-state index in [-0.39, 0.29) is 5.97 Å². The number of esters is 1. The van der Waals surface area contributed by atoms with E-state index in [4.69, 9.17) is 16.3 Å². The molecule has 0 unspecified atom stereocenters. The van der Waals surface area contributed by atoms with Gasteiger partial charge in [0.15, 0.2) is 0 Å². The van der Waals surface area contributed by atoms with Crippen LogP contribution in [0.3, 0.4) is 0 Å². The number of carbonyl (C=O) groups is 1. The van der Waals surface area contributed by atoms with Gasteiger partial charge in [-0.3, -0.25) is 4.79 Å². The van der Waals surface area contributed by atoms with Gasteiger partial charge in [-0.15, -0.1) is 0 Å². The second-order valence-electron chi connectivity index (χ2n) is 3.38. The Morgan fingerprint density at radius 1 is 1.50 bits per heavy atom. The van der Waals surface area contributed by atoms with E-state index < -0.39 is 0 Å². The molecule has 0 spiro atoms. The largest absolute Gasteiger partial charge is 0.461 e. The summed E-state index contributed by atoms with van der Waals surface area (Å²) in [5.41, 5.74) is 1.05. The summed E-state index contributed by atoms with van der Waals surface area (Å²) >= 11 is 5.84. The van der Waals surface area contributed by atoms with Gasteiger partial charge in [0.25, 0.3) is 0 Å². The van der Waals surface area contributed by atoms with E-state index >= 15 is 0 Å². The Balaban J connectivity index is 2.31. The highest BCUT2D eigenvalue weighted by Gasteiger charge is 2.02. The summed E-state index contributed by atoms with van der Waals surface area (Å²) in [6.45, 7) is 2.24. The molecule has 0 aromatic heterocycles. The Morgan fingerprint density at radius 2 is 2.31 bits per heavy atom. The molecule has 3 heteroatoms. The average molecular weight is 239 g/mol. The number of allylic oxidation sites excluding steroid dienone is 1. The van der Waals surface area contributed by atoms with E-state index in [0.717, 1.165) is 5.56 Å². The highest BCUT2D eigenvalue weighted by molar-refractivity contribution is 6.30. The number of hydrogen-bond donors (Lipinski definition) is 0. The average Bonchev–Trinajstić information content (AvgIpc) is 2.27. The van der Waals surface area contributed by atoms with Crippen LogP contribution in [-0.2, 0) is 16.0 Å². The molecule has 0 heterocycles. The van der Waals surface area contributed by atoms with Gasteiger partial charge in [-0.05, 0) is 31.0 Å². The number of hydrogen-bond acceptors (Lipinski definition) is 2. The highest BCUT2D eigenvalue weighted by atomic mass is 35.5. The third kappa shape index (κ3) is 4.99.